The molecule has 166 valence electrons. The van der Waals surface area contributed by atoms with Gasteiger partial charge in [0.25, 0.3) is 5.91 Å². The van der Waals surface area contributed by atoms with E-state index in [-0.39, 0.29) is 23.8 Å². The summed E-state index contributed by atoms with van der Waals surface area (Å²) in [6, 6.07) is 10.6. The molecule has 2 aliphatic rings. The largest absolute Gasteiger partial charge is 0.491 e. The van der Waals surface area contributed by atoms with Crippen molar-refractivity contribution in [3.05, 3.63) is 47.9 Å². The number of nitrogens with one attached hydrogen (secondary N) is 1. The Morgan fingerprint density at radius 2 is 1.94 bits per heavy atom. The average Bonchev–Trinajstić information content (AvgIpc) is 3.53. The second kappa shape index (κ2) is 9.51. The predicted octanol–water partition coefficient (Wildman–Crippen LogP) is 2.32. The Bertz CT molecular complexity index is 886. The van der Waals surface area contributed by atoms with E-state index in [0.29, 0.717) is 31.3 Å². The summed E-state index contributed by atoms with van der Waals surface area (Å²) in [5.41, 5.74) is 6.05. The lowest BCUT2D eigenvalue weighted by atomic mass is 9.89. The Morgan fingerprint density at radius 3 is 2.58 bits per heavy atom. The van der Waals surface area contributed by atoms with E-state index in [9.17, 15) is 9.59 Å². The summed E-state index contributed by atoms with van der Waals surface area (Å²) in [5.74, 6) is 1.83. The van der Waals surface area contributed by atoms with Gasteiger partial charge in [0, 0.05) is 25.1 Å². The van der Waals surface area contributed by atoms with Gasteiger partial charge in [0.2, 0.25) is 5.91 Å². The van der Waals surface area contributed by atoms with Gasteiger partial charge in [0.1, 0.15) is 18.1 Å². The number of hydrogen-bond donors (Lipinski definition) is 2. The molecule has 3 N–H and O–H groups in total. The molecule has 8 heteroatoms. The molecule has 31 heavy (non-hydrogen) atoms. The molecule has 8 nitrogen and oxygen atoms in total. The van der Waals surface area contributed by atoms with Gasteiger partial charge in [-0.25, -0.2) is 0 Å². The van der Waals surface area contributed by atoms with E-state index < -0.39 is 6.04 Å². The molecular formula is C23H30N4O4. The maximum absolute atomic E-state index is 12.9. The molecule has 2 fully saturated rings. The number of nitrogens with zero attached hydrogens (tertiary/aromatic N) is 2. The molecule has 2 amide bonds. The third-order valence-corrected chi connectivity index (χ3v) is 6.04. The van der Waals surface area contributed by atoms with Crippen LogP contribution in [0, 0.1) is 5.92 Å². The topological polar surface area (TPSA) is 111 Å². The zero-order chi connectivity index (χ0) is 21.8. The highest BCUT2D eigenvalue weighted by atomic mass is 16.5. The van der Waals surface area contributed by atoms with E-state index in [1.54, 1.807) is 17.9 Å². The van der Waals surface area contributed by atoms with Gasteiger partial charge in [-0.1, -0.05) is 23.4 Å². The molecule has 0 radical (unpaired) electrons. The van der Waals surface area contributed by atoms with Gasteiger partial charge in [0.05, 0.1) is 12.1 Å². The van der Waals surface area contributed by atoms with Crippen LogP contribution in [0.15, 0.2) is 40.9 Å². The van der Waals surface area contributed by atoms with Crippen LogP contribution >= 0.6 is 0 Å². The molecular weight excluding hydrogens is 396 g/mol. The minimum absolute atomic E-state index is 0.0326. The van der Waals surface area contributed by atoms with Crippen molar-refractivity contribution < 1.29 is 18.8 Å². The van der Waals surface area contributed by atoms with E-state index in [0.717, 1.165) is 37.2 Å². The third kappa shape index (κ3) is 5.44. The number of carbonyl (C=O) groups excluding carboxylic acids is 2. The van der Waals surface area contributed by atoms with Crippen LogP contribution in [0.1, 0.15) is 54.8 Å². The molecule has 1 aromatic heterocycles. The van der Waals surface area contributed by atoms with Crippen molar-refractivity contribution in [3.8, 4) is 5.75 Å². The fourth-order valence-electron chi connectivity index (χ4n) is 4.01. The van der Waals surface area contributed by atoms with Gasteiger partial charge in [-0.05, 0) is 50.7 Å². The van der Waals surface area contributed by atoms with Crippen LogP contribution in [-0.2, 0) is 4.79 Å². The Kier molecular flexibility index (Phi) is 6.56. The Morgan fingerprint density at radius 1 is 1.23 bits per heavy atom. The number of nitrogens with two attached hydrogens (primary N) is 1. The lowest BCUT2D eigenvalue weighted by molar-refractivity contribution is -0.133. The molecule has 4 rings (SSSR count). The SMILES string of the molecule is C[C@H](N)C(=O)N1CCC(C(COc2ccccc2)NC(=O)c2cc(C3CC3)on2)CC1. The number of likely N-dealkylation sites (tertiary alicyclic amines) is 1. The molecule has 0 bridgehead atoms. The van der Waals surface area contributed by atoms with Crippen molar-refractivity contribution in [1.29, 1.82) is 0 Å². The average molecular weight is 427 g/mol. The molecule has 2 atom stereocenters. The molecule has 1 aliphatic heterocycles. The van der Waals surface area contributed by atoms with Crippen molar-refractivity contribution in [1.82, 2.24) is 15.4 Å². The first-order chi connectivity index (χ1) is 15.0. The van der Waals surface area contributed by atoms with Gasteiger partial charge in [-0.15, -0.1) is 0 Å². The van der Waals surface area contributed by atoms with Crippen LogP contribution in [0.4, 0.5) is 0 Å². The fourth-order valence-corrected chi connectivity index (χ4v) is 4.01. The van der Waals surface area contributed by atoms with Crippen LogP contribution in [0.2, 0.25) is 0 Å². The third-order valence-electron chi connectivity index (χ3n) is 6.04. The van der Waals surface area contributed by atoms with E-state index in [2.05, 4.69) is 10.5 Å². The summed E-state index contributed by atoms with van der Waals surface area (Å²) in [5, 5.41) is 7.05. The van der Waals surface area contributed by atoms with Gasteiger partial charge in [-0.2, -0.15) is 0 Å². The minimum atomic E-state index is -0.499. The van der Waals surface area contributed by atoms with Crippen LogP contribution in [0.25, 0.3) is 0 Å². The molecule has 1 saturated heterocycles. The summed E-state index contributed by atoms with van der Waals surface area (Å²) < 4.78 is 11.3. The number of amides is 2. The van der Waals surface area contributed by atoms with Crippen molar-refractivity contribution >= 4 is 11.8 Å². The van der Waals surface area contributed by atoms with E-state index >= 15 is 0 Å². The first-order valence-electron chi connectivity index (χ1n) is 11.0. The summed E-state index contributed by atoms with van der Waals surface area (Å²) in [4.78, 5) is 26.9. The van der Waals surface area contributed by atoms with Crippen molar-refractivity contribution in [2.24, 2.45) is 11.7 Å². The molecule has 2 heterocycles. The Labute approximate surface area is 182 Å². The number of aromatic nitrogens is 1. The van der Waals surface area contributed by atoms with Crippen LogP contribution in [0.5, 0.6) is 5.75 Å². The lowest BCUT2D eigenvalue weighted by Crippen LogP contribution is -2.51. The number of carbonyl (C=O) groups is 2. The molecule has 1 unspecified atom stereocenters. The minimum Gasteiger partial charge on any atom is -0.491 e. The zero-order valence-corrected chi connectivity index (χ0v) is 17.8. The molecule has 1 saturated carbocycles. The van der Waals surface area contributed by atoms with E-state index in [4.69, 9.17) is 15.0 Å². The van der Waals surface area contributed by atoms with Crippen molar-refractivity contribution in [2.75, 3.05) is 19.7 Å². The highest BCUT2D eigenvalue weighted by molar-refractivity contribution is 5.92. The quantitative estimate of drug-likeness (QED) is 0.670. The number of benzene rings is 1. The Hall–Kier alpha value is -2.87. The van der Waals surface area contributed by atoms with Gasteiger partial charge < -0.3 is 25.2 Å². The highest BCUT2D eigenvalue weighted by Crippen LogP contribution is 2.40. The molecule has 1 aliphatic carbocycles. The maximum Gasteiger partial charge on any atom is 0.273 e. The molecule has 1 aromatic carbocycles. The number of ether oxygens (including phenoxy) is 1. The van der Waals surface area contributed by atoms with E-state index in [1.807, 2.05) is 30.3 Å². The highest BCUT2D eigenvalue weighted by Gasteiger charge is 2.33. The first-order valence-corrected chi connectivity index (χ1v) is 11.0. The summed E-state index contributed by atoms with van der Waals surface area (Å²) in [7, 11) is 0. The molecule has 0 spiro atoms. The lowest BCUT2D eigenvalue weighted by Gasteiger charge is -2.36. The smallest absolute Gasteiger partial charge is 0.273 e. The fraction of sp³-hybridized carbons (Fsp3) is 0.522. The van der Waals surface area contributed by atoms with Crippen molar-refractivity contribution in [2.45, 2.75) is 50.6 Å². The van der Waals surface area contributed by atoms with Gasteiger partial charge in [0.15, 0.2) is 5.69 Å². The Balaban J connectivity index is 1.40. The van der Waals surface area contributed by atoms with E-state index in [1.165, 1.54) is 0 Å². The van der Waals surface area contributed by atoms with Gasteiger partial charge in [-0.3, -0.25) is 9.59 Å². The normalized spacial score (nSPS) is 19.0. The first kappa shape index (κ1) is 21.4. The van der Waals surface area contributed by atoms with Gasteiger partial charge >= 0.3 is 0 Å². The van der Waals surface area contributed by atoms with Crippen LogP contribution in [0.3, 0.4) is 0 Å². The number of piperidine rings is 1. The van der Waals surface area contributed by atoms with Crippen LogP contribution < -0.4 is 15.8 Å². The standard InChI is InChI=1S/C23H30N4O4/c1-15(24)23(29)27-11-9-16(10-12-27)20(14-30-18-5-3-2-4-6-18)25-22(28)19-13-21(31-26-19)17-7-8-17/h2-6,13,15-17,20H,7-12,14,24H2,1H3,(H,25,28)/t15-,20?/m0/s1. The monoisotopic (exact) mass is 426 g/mol. The van der Waals surface area contributed by atoms with Crippen LogP contribution in [-0.4, -0.2) is 53.7 Å². The number of para-hydroxylation sites is 1. The summed E-state index contributed by atoms with van der Waals surface area (Å²) in [6.45, 7) is 3.30. The second-order valence-electron chi connectivity index (χ2n) is 8.54. The second-order valence-corrected chi connectivity index (χ2v) is 8.54. The number of hydrogen-bond acceptors (Lipinski definition) is 6. The molecule has 2 aromatic rings. The summed E-state index contributed by atoms with van der Waals surface area (Å²) >= 11 is 0. The summed E-state index contributed by atoms with van der Waals surface area (Å²) in [6.07, 6.45) is 3.71. The zero-order valence-electron chi connectivity index (χ0n) is 17.8. The number of rotatable bonds is 8. The maximum atomic E-state index is 12.9. The van der Waals surface area contributed by atoms with Crippen molar-refractivity contribution in [3.63, 3.8) is 0 Å². The predicted molar refractivity (Wildman–Crippen MR) is 115 cm³/mol.